The molecular weight excluding hydrogens is 458 g/mol. The third kappa shape index (κ3) is 6.93. The van der Waals surface area contributed by atoms with Crippen LogP contribution in [0.5, 0.6) is 0 Å². The number of amides is 2. The van der Waals surface area contributed by atoms with E-state index < -0.39 is 6.04 Å². The molecule has 6 heteroatoms. The summed E-state index contributed by atoms with van der Waals surface area (Å²) in [6, 6.07) is 25.2. The summed E-state index contributed by atoms with van der Waals surface area (Å²) in [6.45, 7) is 3.90. The Kier molecular flexibility index (Phi) is 8.56. The van der Waals surface area contributed by atoms with Gasteiger partial charge in [-0.1, -0.05) is 66.2 Å². The Hall–Kier alpha value is -3.15. The molecule has 2 amide bonds. The molecule has 1 aliphatic heterocycles. The van der Waals surface area contributed by atoms with Crippen LogP contribution in [0.3, 0.4) is 0 Å². The molecule has 35 heavy (non-hydrogen) atoms. The molecule has 4 rings (SSSR count). The largest absolute Gasteiger partial charge is 0.343 e. The second kappa shape index (κ2) is 12.0. The molecular formula is C29H32ClN3O2. The molecule has 3 aromatic rings. The number of halogens is 1. The summed E-state index contributed by atoms with van der Waals surface area (Å²) in [5, 5.41) is 7.21. The number of hydrogen-bond donors (Lipinski definition) is 2. The highest BCUT2D eigenvalue weighted by Gasteiger charge is 2.23. The predicted octanol–water partition coefficient (Wildman–Crippen LogP) is 5.58. The molecule has 0 saturated carbocycles. The van der Waals surface area contributed by atoms with E-state index in [1.54, 1.807) is 6.92 Å². The summed E-state index contributed by atoms with van der Waals surface area (Å²) in [4.78, 5) is 26.7. The molecule has 1 fully saturated rings. The van der Waals surface area contributed by atoms with Gasteiger partial charge in [-0.05, 0) is 66.1 Å². The summed E-state index contributed by atoms with van der Waals surface area (Å²) >= 11 is 5.98. The first-order chi connectivity index (χ1) is 17.0. The van der Waals surface area contributed by atoms with E-state index in [1.165, 1.54) is 11.1 Å². The molecule has 1 unspecified atom stereocenters. The van der Waals surface area contributed by atoms with Crippen molar-refractivity contribution in [3.8, 4) is 0 Å². The van der Waals surface area contributed by atoms with Crippen molar-refractivity contribution < 1.29 is 9.59 Å². The zero-order valence-corrected chi connectivity index (χ0v) is 20.8. The number of carbonyl (C=O) groups is 2. The highest BCUT2D eigenvalue weighted by atomic mass is 35.5. The predicted molar refractivity (Wildman–Crippen MR) is 142 cm³/mol. The maximum atomic E-state index is 13.3. The van der Waals surface area contributed by atoms with Gasteiger partial charge in [0.05, 0.1) is 0 Å². The Labute approximate surface area is 212 Å². The molecule has 0 spiro atoms. The molecule has 0 bridgehead atoms. The van der Waals surface area contributed by atoms with Crippen molar-refractivity contribution in [2.45, 2.75) is 38.1 Å². The van der Waals surface area contributed by atoms with Gasteiger partial charge in [0.25, 0.3) is 0 Å². The molecule has 1 aliphatic rings. The van der Waals surface area contributed by atoms with Crippen molar-refractivity contribution in [1.29, 1.82) is 0 Å². The van der Waals surface area contributed by atoms with Crippen LogP contribution in [0.4, 0.5) is 5.69 Å². The van der Waals surface area contributed by atoms with Gasteiger partial charge in [-0.15, -0.1) is 0 Å². The maximum Gasteiger partial charge on any atom is 0.246 e. The van der Waals surface area contributed by atoms with Crippen molar-refractivity contribution in [3.63, 3.8) is 0 Å². The van der Waals surface area contributed by atoms with Crippen molar-refractivity contribution in [2.75, 3.05) is 25.0 Å². The molecule has 0 aliphatic carbocycles. The van der Waals surface area contributed by atoms with Crippen LogP contribution < -0.4 is 10.6 Å². The van der Waals surface area contributed by atoms with Gasteiger partial charge in [-0.3, -0.25) is 9.59 Å². The summed E-state index contributed by atoms with van der Waals surface area (Å²) < 4.78 is 0. The SMILES string of the molecule is CC(=O)N1CCC(c2ccc(NC(=O)C(NCCc3ccc(Cl)cc3)c3ccccc3)cc2)CC1. The second-order valence-corrected chi connectivity index (χ2v) is 9.50. The average Bonchev–Trinajstić information content (AvgIpc) is 2.88. The Bertz CT molecular complexity index is 1110. The lowest BCUT2D eigenvalue weighted by Gasteiger charge is -2.31. The van der Waals surface area contributed by atoms with Crippen LogP contribution in [0.25, 0.3) is 0 Å². The van der Waals surface area contributed by atoms with E-state index in [1.807, 2.05) is 71.6 Å². The molecule has 0 radical (unpaired) electrons. The number of carbonyl (C=O) groups excluding carboxylic acids is 2. The smallest absolute Gasteiger partial charge is 0.246 e. The van der Waals surface area contributed by atoms with Gasteiger partial charge in [-0.25, -0.2) is 0 Å². The van der Waals surface area contributed by atoms with E-state index in [2.05, 4.69) is 22.8 Å². The first kappa shape index (κ1) is 25.0. The highest BCUT2D eigenvalue weighted by Crippen LogP contribution is 2.29. The molecule has 182 valence electrons. The number of nitrogens with zero attached hydrogens (tertiary/aromatic N) is 1. The van der Waals surface area contributed by atoms with Crippen LogP contribution >= 0.6 is 11.6 Å². The molecule has 5 nitrogen and oxygen atoms in total. The Morgan fingerprint density at radius 2 is 1.60 bits per heavy atom. The van der Waals surface area contributed by atoms with E-state index in [0.29, 0.717) is 12.5 Å². The number of hydrogen-bond acceptors (Lipinski definition) is 3. The van der Waals surface area contributed by atoms with Crippen LogP contribution in [0.2, 0.25) is 5.02 Å². The third-order valence-electron chi connectivity index (χ3n) is 6.66. The zero-order valence-electron chi connectivity index (χ0n) is 20.0. The first-order valence-electron chi connectivity index (χ1n) is 12.2. The van der Waals surface area contributed by atoms with Crippen LogP contribution in [-0.4, -0.2) is 36.3 Å². The van der Waals surface area contributed by atoms with Gasteiger partial charge in [-0.2, -0.15) is 0 Å². The van der Waals surface area contributed by atoms with E-state index in [-0.39, 0.29) is 11.8 Å². The molecule has 1 heterocycles. The van der Waals surface area contributed by atoms with Crippen molar-refractivity contribution in [2.24, 2.45) is 0 Å². The summed E-state index contributed by atoms with van der Waals surface area (Å²) in [6.07, 6.45) is 2.74. The molecule has 3 aromatic carbocycles. The standard InChI is InChI=1S/C29H32ClN3O2/c1-21(34)33-19-16-24(17-20-33)23-9-13-27(14-10-23)32-29(35)28(25-5-3-2-4-6-25)31-18-15-22-7-11-26(30)12-8-22/h2-14,24,28,31H,15-20H2,1H3,(H,32,35). The first-order valence-corrected chi connectivity index (χ1v) is 12.6. The molecule has 1 saturated heterocycles. The van der Waals surface area contributed by atoms with E-state index in [9.17, 15) is 9.59 Å². The fourth-order valence-electron chi connectivity index (χ4n) is 4.60. The molecule has 0 aromatic heterocycles. The number of anilines is 1. The van der Waals surface area contributed by atoms with Gasteiger partial charge in [0.15, 0.2) is 0 Å². The number of rotatable bonds is 8. The third-order valence-corrected chi connectivity index (χ3v) is 6.91. The monoisotopic (exact) mass is 489 g/mol. The van der Waals surface area contributed by atoms with Crippen LogP contribution in [-0.2, 0) is 16.0 Å². The number of nitrogens with one attached hydrogen (secondary N) is 2. The zero-order chi connectivity index (χ0) is 24.6. The second-order valence-electron chi connectivity index (χ2n) is 9.07. The van der Waals surface area contributed by atoms with Crippen LogP contribution in [0.1, 0.15) is 48.4 Å². The average molecular weight is 490 g/mol. The van der Waals surface area contributed by atoms with E-state index in [0.717, 1.165) is 48.6 Å². The molecule has 1 atom stereocenters. The number of likely N-dealkylation sites (tertiary alicyclic amines) is 1. The highest BCUT2D eigenvalue weighted by molar-refractivity contribution is 6.30. The summed E-state index contributed by atoms with van der Waals surface area (Å²) in [5.41, 5.74) is 4.13. The Morgan fingerprint density at radius 1 is 0.943 bits per heavy atom. The van der Waals surface area contributed by atoms with Crippen LogP contribution in [0, 0.1) is 0 Å². The maximum absolute atomic E-state index is 13.3. The summed E-state index contributed by atoms with van der Waals surface area (Å²) in [7, 11) is 0. The minimum atomic E-state index is -0.459. The van der Waals surface area contributed by atoms with E-state index in [4.69, 9.17) is 11.6 Å². The van der Waals surface area contributed by atoms with Crippen molar-refractivity contribution >= 4 is 29.1 Å². The lowest BCUT2D eigenvalue weighted by molar-refractivity contribution is -0.129. The lowest BCUT2D eigenvalue weighted by Crippen LogP contribution is -2.36. The Balaban J connectivity index is 1.37. The van der Waals surface area contributed by atoms with Gasteiger partial charge < -0.3 is 15.5 Å². The lowest BCUT2D eigenvalue weighted by atomic mass is 9.89. The Morgan fingerprint density at radius 3 is 2.23 bits per heavy atom. The van der Waals surface area contributed by atoms with Crippen molar-refractivity contribution in [3.05, 3.63) is 101 Å². The van der Waals surface area contributed by atoms with Gasteiger partial charge >= 0.3 is 0 Å². The summed E-state index contributed by atoms with van der Waals surface area (Å²) in [5.74, 6) is 0.507. The minimum Gasteiger partial charge on any atom is -0.343 e. The quantitative estimate of drug-likeness (QED) is 0.434. The van der Waals surface area contributed by atoms with Gasteiger partial charge in [0, 0.05) is 37.3 Å². The normalized spacial score (nSPS) is 15.0. The number of piperidine rings is 1. The molecule has 2 N–H and O–H groups in total. The van der Waals surface area contributed by atoms with Crippen molar-refractivity contribution in [1.82, 2.24) is 10.2 Å². The van der Waals surface area contributed by atoms with Crippen LogP contribution in [0.15, 0.2) is 78.9 Å². The number of benzene rings is 3. The minimum absolute atomic E-state index is 0.0881. The fraction of sp³-hybridized carbons (Fsp3) is 0.310. The van der Waals surface area contributed by atoms with Gasteiger partial charge in [0.1, 0.15) is 6.04 Å². The topological polar surface area (TPSA) is 61.4 Å². The van der Waals surface area contributed by atoms with E-state index >= 15 is 0 Å². The fourth-order valence-corrected chi connectivity index (χ4v) is 4.73. The van der Waals surface area contributed by atoms with Gasteiger partial charge in [0.2, 0.25) is 11.8 Å².